The zero-order valence-electron chi connectivity index (χ0n) is 26.0. The number of anilines is 1. The molecule has 246 valence electrons. The maximum atomic E-state index is 13.5. The van der Waals surface area contributed by atoms with Crippen molar-refractivity contribution in [3.63, 3.8) is 0 Å². The van der Waals surface area contributed by atoms with Crippen LogP contribution in [0.3, 0.4) is 0 Å². The number of carbonyl (C=O) groups is 3. The molecule has 47 heavy (non-hydrogen) atoms. The fourth-order valence-electron chi connectivity index (χ4n) is 5.02. The quantitative estimate of drug-likeness (QED) is 0.187. The molecule has 2 saturated heterocycles. The van der Waals surface area contributed by atoms with Crippen molar-refractivity contribution < 1.29 is 38.4 Å². The van der Waals surface area contributed by atoms with Gasteiger partial charge in [0.2, 0.25) is 5.91 Å². The number of ether oxygens (including phenoxy) is 4. The summed E-state index contributed by atoms with van der Waals surface area (Å²) in [4.78, 5) is 41.3. The smallest absolute Gasteiger partial charge is 0.335 e. The van der Waals surface area contributed by atoms with Crippen molar-refractivity contribution >= 4 is 57.8 Å². The first-order chi connectivity index (χ1) is 22.7. The molecule has 3 aromatic rings. The third-order valence-electron chi connectivity index (χ3n) is 7.60. The Morgan fingerprint density at radius 1 is 0.979 bits per heavy atom. The second-order valence-electron chi connectivity index (χ2n) is 10.7. The number of nitrogens with zero attached hydrogens (tertiary/aromatic N) is 2. The number of hydrogen-bond acceptors (Lipinski definition) is 10. The third kappa shape index (κ3) is 8.89. The predicted octanol–water partition coefficient (Wildman–Crippen LogP) is 5.01. The number of amides is 2. The summed E-state index contributed by atoms with van der Waals surface area (Å²) in [6, 6.07) is 17.3. The normalized spacial score (nSPS) is 16.0. The Labute approximate surface area is 282 Å². The molecular formula is C34H35N3O8S2. The summed E-state index contributed by atoms with van der Waals surface area (Å²) in [5.41, 5.74) is 3.02. The number of nitrogens with one attached hydrogen (secondary N) is 1. The first kappa shape index (κ1) is 33.9. The first-order valence-electron chi connectivity index (χ1n) is 14.9. The van der Waals surface area contributed by atoms with Crippen LogP contribution in [0.5, 0.6) is 17.2 Å². The van der Waals surface area contributed by atoms with Crippen LogP contribution in [0.4, 0.5) is 5.69 Å². The molecule has 2 amide bonds. The number of thioether (sulfide) groups is 1. The van der Waals surface area contributed by atoms with Gasteiger partial charge in [0.1, 0.15) is 28.2 Å². The Balaban J connectivity index is 1.33. The molecule has 0 aromatic heterocycles. The summed E-state index contributed by atoms with van der Waals surface area (Å²) < 4.78 is 23.0. The predicted molar refractivity (Wildman–Crippen MR) is 184 cm³/mol. The highest BCUT2D eigenvalue weighted by Crippen LogP contribution is 2.37. The molecule has 3 aromatic carbocycles. The Bertz CT molecular complexity index is 1650. The standard InChI is InChI=1S/C34H35N3O8S2/c1-42-27-18-24(19-28(21-27)43-2)23-5-8-29(45-16-13-36-11-14-44-15-12-36)25(17-23)20-30-32(39)37(34(46)47-30)10-9-31(38)35-26-6-3-22(4-7-26)33(40)41/h3-8,17-21H,9-16H2,1-2H3,(H,35,38)(H,40,41)/b30-20-. The molecule has 2 heterocycles. The second kappa shape index (κ2) is 15.9. The molecule has 0 bridgehead atoms. The topological polar surface area (TPSA) is 127 Å². The average Bonchev–Trinajstić information content (AvgIpc) is 3.35. The van der Waals surface area contributed by atoms with E-state index in [1.807, 2.05) is 30.3 Å². The highest BCUT2D eigenvalue weighted by Gasteiger charge is 2.32. The number of carbonyl (C=O) groups excluding carboxylic acids is 2. The van der Waals surface area contributed by atoms with E-state index >= 15 is 0 Å². The average molecular weight is 678 g/mol. The van der Waals surface area contributed by atoms with Crippen molar-refractivity contribution in [2.24, 2.45) is 0 Å². The van der Waals surface area contributed by atoms with Crippen LogP contribution in [-0.4, -0.2) is 97.2 Å². The number of aromatic carboxylic acids is 1. The SMILES string of the molecule is COc1cc(OC)cc(-c2ccc(OCCN3CCOCC3)c(/C=C3\SC(=S)N(CCC(=O)Nc4ccc(C(=O)O)cc4)C3=O)c2)c1. The number of rotatable bonds is 13. The molecule has 2 fully saturated rings. The van der Waals surface area contributed by atoms with Crippen LogP contribution >= 0.6 is 24.0 Å². The summed E-state index contributed by atoms with van der Waals surface area (Å²) in [5, 5.41) is 11.8. The minimum absolute atomic E-state index is 0.00343. The van der Waals surface area contributed by atoms with E-state index in [1.54, 1.807) is 26.4 Å². The molecule has 0 unspecified atom stereocenters. The van der Waals surface area contributed by atoms with Gasteiger partial charge in [0.25, 0.3) is 5.91 Å². The van der Waals surface area contributed by atoms with Gasteiger partial charge < -0.3 is 29.4 Å². The summed E-state index contributed by atoms with van der Waals surface area (Å²) in [5.74, 6) is 0.234. The Morgan fingerprint density at radius 2 is 1.68 bits per heavy atom. The van der Waals surface area contributed by atoms with E-state index in [-0.39, 0.29) is 30.3 Å². The van der Waals surface area contributed by atoms with Crippen LogP contribution in [0.1, 0.15) is 22.3 Å². The van der Waals surface area contributed by atoms with E-state index < -0.39 is 5.97 Å². The summed E-state index contributed by atoms with van der Waals surface area (Å²) >= 11 is 6.70. The molecule has 0 radical (unpaired) electrons. The monoisotopic (exact) mass is 677 g/mol. The number of hydrogen-bond donors (Lipinski definition) is 2. The van der Waals surface area contributed by atoms with Gasteiger partial charge in [-0.2, -0.15) is 0 Å². The Morgan fingerprint density at radius 3 is 2.34 bits per heavy atom. The highest BCUT2D eigenvalue weighted by atomic mass is 32.2. The van der Waals surface area contributed by atoms with Crippen LogP contribution < -0.4 is 19.5 Å². The summed E-state index contributed by atoms with van der Waals surface area (Å²) in [6.45, 7) is 4.40. The maximum absolute atomic E-state index is 13.5. The highest BCUT2D eigenvalue weighted by molar-refractivity contribution is 8.26. The molecule has 2 aliphatic rings. The van der Waals surface area contributed by atoms with Gasteiger partial charge in [-0.25, -0.2) is 4.79 Å². The fraction of sp³-hybridized carbons (Fsp3) is 0.294. The van der Waals surface area contributed by atoms with E-state index in [1.165, 1.54) is 40.9 Å². The number of benzene rings is 3. The third-order valence-corrected chi connectivity index (χ3v) is 8.98. The minimum Gasteiger partial charge on any atom is -0.497 e. The largest absolute Gasteiger partial charge is 0.497 e. The van der Waals surface area contributed by atoms with E-state index in [4.69, 9.17) is 36.3 Å². The van der Waals surface area contributed by atoms with Crippen molar-refractivity contribution in [2.75, 3.05) is 65.5 Å². The van der Waals surface area contributed by atoms with E-state index in [0.29, 0.717) is 57.5 Å². The maximum Gasteiger partial charge on any atom is 0.335 e. The Kier molecular flexibility index (Phi) is 11.5. The molecule has 2 N–H and O–H groups in total. The zero-order chi connectivity index (χ0) is 33.3. The number of carboxylic acid groups (broad SMARTS) is 1. The molecular weight excluding hydrogens is 643 g/mol. The minimum atomic E-state index is -1.05. The van der Waals surface area contributed by atoms with Crippen molar-refractivity contribution in [1.82, 2.24) is 9.80 Å². The lowest BCUT2D eigenvalue weighted by molar-refractivity contribution is -0.122. The molecule has 2 aliphatic heterocycles. The lowest BCUT2D eigenvalue weighted by Crippen LogP contribution is -2.38. The van der Waals surface area contributed by atoms with Gasteiger partial charge in [0.05, 0.1) is 37.9 Å². The van der Waals surface area contributed by atoms with Gasteiger partial charge in [0.15, 0.2) is 0 Å². The van der Waals surface area contributed by atoms with Gasteiger partial charge in [-0.1, -0.05) is 30.0 Å². The van der Waals surface area contributed by atoms with Gasteiger partial charge in [-0.3, -0.25) is 19.4 Å². The number of thiocarbonyl (C=S) groups is 1. The van der Waals surface area contributed by atoms with E-state index in [0.717, 1.165) is 30.8 Å². The fourth-order valence-corrected chi connectivity index (χ4v) is 6.32. The molecule has 0 atom stereocenters. The zero-order valence-corrected chi connectivity index (χ0v) is 27.7. The van der Waals surface area contributed by atoms with Gasteiger partial charge >= 0.3 is 5.97 Å². The molecule has 0 spiro atoms. The van der Waals surface area contributed by atoms with Crippen LogP contribution in [0.15, 0.2) is 65.6 Å². The van der Waals surface area contributed by atoms with Crippen LogP contribution in [0.25, 0.3) is 17.2 Å². The molecule has 13 heteroatoms. The summed E-state index contributed by atoms with van der Waals surface area (Å²) in [6.07, 6.45) is 1.78. The van der Waals surface area contributed by atoms with Crippen molar-refractivity contribution in [1.29, 1.82) is 0 Å². The lowest BCUT2D eigenvalue weighted by Gasteiger charge is -2.26. The van der Waals surface area contributed by atoms with Crippen molar-refractivity contribution in [3.05, 3.63) is 76.7 Å². The molecule has 0 aliphatic carbocycles. The molecule has 0 saturated carbocycles. The number of methoxy groups -OCH3 is 2. The van der Waals surface area contributed by atoms with Crippen LogP contribution in [0, 0.1) is 0 Å². The van der Waals surface area contributed by atoms with Crippen molar-refractivity contribution in [2.45, 2.75) is 6.42 Å². The lowest BCUT2D eigenvalue weighted by atomic mass is 10.0. The van der Waals surface area contributed by atoms with Gasteiger partial charge in [0, 0.05) is 49.9 Å². The van der Waals surface area contributed by atoms with Crippen molar-refractivity contribution in [3.8, 4) is 28.4 Å². The summed E-state index contributed by atoms with van der Waals surface area (Å²) in [7, 11) is 3.19. The van der Waals surface area contributed by atoms with Crippen LogP contribution in [0.2, 0.25) is 0 Å². The van der Waals surface area contributed by atoms with E-state index in [2.05, 4.69) is 10.2 Å². The van der Waals surface area contributed by atoms with Crippen LogP contribution in [-0.2, 0) is 14.3 Å². The number of carboxylic acids is 1. The second-order valence-corrected chi connectivity index (χ2v) is 12.3. The van der Waals surface area contributed by atoms with Gasteiger partial charge in [-0.15, -0.1) is 0 Å². The molecule has 5 rings (SSSR count). The molecule has 11 nitrogen and oxygen atoms in total. The van der Waals surface area contributed by atoms with Gasteiger partial charge in [-0.05, 0) is 65.7 Å². The first-order valence-corrected chi connectivity index (χ1v) is 16.2. The Hall–Kier alpha value is -4.43. The van der Waals surface area contributed by atoms with E-state index in [9.17, 15) is 14.4 Å². The number of morpholine rings is 1.